The highest BCUT2D eigenvalue weighted by molar-refractivity contribution is 9.10. The molecule has 1 aromatic heterocycles. The Morgan fingerprint density at radius 2 is 1.93 bits per heavy atom. The van der Waals surface area contributed by atoms with Crippen LogP contribution >= 0.6 is 15.9 Å². The summed E-state index contributed by atoms with van der Waals surface area (Å²) in [5.41, 5.74) is 1.26. The number of hydrogen-bond donors (Lipinski definition) is 1. The number of rotatable bonds is 6. The van der Waals surface area contributed by atoms with Gasteiger partial charge < -0.3 is 19.3 Å². The largest absolute Gasteiger partial charge is 0.493 e. The van der Waals surface area contributed by atoms with Crippen LogP contribution in [0.4, 0.5) is 10.1 Å². The van der Waals surface area contributed by atoms with Crippen molar-refractivity contribution in [2.45, 2.75) is 6.42 Å². The third-order valence-electron chi connectivity index (χ3n) is 3.77. The number of carbonyl (C=O) groups is 1. The van der Waals surface area contributed by atoms with Gasteiger partial charge >= 0.3 is 0 Å². The van der Waals surface area contributed by atoms with Gasteiger partial charge in [-0.3, -0.25) is 4.79 Å². The van der Waals surface area contributed by atoms with E-state index in [1.54, 1.807) is 44.6 Å². The summed E-state index contributed by atoms with van der Waals surface area (Å²) >= 11 is 3.17. The van der Waals surface area contributed by atoms with Crippen molar-refractivity contribution in [2.75, 3.05) is 19.5 Å². The lowest BCUT2D eigenvalue weighted by atomic mass is 10.1. The van der Waals surface area contributed by atoms with E-state index in [4.69, 9.17) is 14.0 Å². The van der Waals surface area contributed by atoms with Gasteiger partial charge in [0.2, 0.25) is 5.91 Å². The summed E-state index contributed by atoms with van der Waals surface area (Å²) in [6.45, 7) is 0. The summed E-state index contributed by atoms with van der Waals surface area (Å²) in [4.78, 5) is 12.1. The summed E-state index contributed by atoms with van der Waals surface area (Å²) in [6.07, 6.45) is -0.0493. The van der Waals surface area contributed by atoms with E-state index in [1.807, 2.05) is 0 Å². The number of benzene rings is 2. The number of carbonyl (C=O) groups excluding carboxylic acids is 1. The number of halogens is 2. The second-order valence-electron chi connectivity index (χ2n) is 5.60. The Labute approximate surface area is 163 Å². The first-order chi connectivity index (χ1) is 13.0. The van der Waals surface area contributed by atoms with Crippen LogP contribution in [0, 0.1) is 5.82 Å². The summed E-state index contributed by atoms with van der Waals surface area (Å²) in [6, 6.07) is 11.3. The van der Waals surface area contributed by atoms with Crippen molar-refractivity contribution >= 4 is 27.5 Å². The third-order valence-corrected chi connectivity index (χ3v) is 4.27. The average Bonchev–Trinajstić information content (AvgIpc) is 3.11. The van der Waals surface area contributed by atoms with Crippen LogP contribution in [0.2, 0.25) is 0 Å². The van der Waals surface area contributed by atoms with Gasteiger partial charge in [-0.25, -0.2) is 4.39 Å². The quantitative estimate of drug-likeness (QED) is 0.620. The first kappa shape index (κ1) is 18.9. The Bertz CT molecular complexity index is 974. The van der Waals surface area contributed by atoms with Crippen LogP contribution in [0.25, 0.3) is 11.3 Å². The maximum Gasteiger partial charge on any atom is 0.230 e. The number of nitrogens with one attached hydrogen (secondary N) is 1. The second-order valence-corrected chi connectivity index (χ2v) is 6.52. The molecule has 0 saturated heterocycles. The summed E-state index contributed by atoms with van der Waals surface area (Å²) in [5, 5.41) is 6.41. The molecule has 0 bridgehead atoms. The van der Waals surface area contributed by atoms with Crippen molar-refractivity contribution < 1.29 is 23.2 Å². The fourth-order valence-electron chi connectivity index (χ4n) is 2.47. The van der Waals surface area contributed by atoms with Crippen LogP contribution < -0.4 is 14.8 Å². The van der Waals surface area contributed by atoms with E-state index in [-0.39, 0.29) is 12.1 Å². The fraction of sp³-hybridized carbons (Fsp3) is 0.158. The molecule has 1 N–H and O–H groups in total. The highest BCUT2D eigenvalue weighted by Crippen LogP contribution is 2.32. The molecule has 0 saturated carbocycles. The molecular formula is C19H16BrFN2O4. The van der Waals surface area contributed by atoms with E-state index < -0.39 is 11.7 Å². The molecule has 0 atom stereocenters. The highest BCUT2D eigenvalue weighted by Gasteiger charge is 2.14. The zero-order valence-electron chi connectivity index (χ0n) is 14.6. The molecule has 0 aliphatic heterocycles. The zero-order chi connectivity index (χ0) is 19.4. The van der Waals surface area contributed by atoms with Gasteiger partial charge in [-0.15, -0.1) is 0 Å². The van der Waals surface area contributed by atoms with Crippen LogP contribution in [0.5, 0.6) is 11.5 Å². The molecule has 2 aromatic carbocycles. The van der Waals surface area contributed by atoms with Gasteiger partial charge in [0.25, 0.3) is 0 Å². The predicted molar refractivity (Wildman–Crippen MR) is 101 cm³/mol. The van der Waals surface area contributed by atoms with Crippen LogP contribution in [0.15, 0.2) is 51.5 Å². The van der Waals surface area contributed by atoms with Crippen molar-refractivity contribution in [1.29, 1.82) is 0 Å². The van der Waals surface area contributed by atoms with Crippen molar-refractivity contribution in [3.8, 4) is 22.8 Å². The Morgan fingerprint density at radius 3 is 2.63 bits per heavy atom. The Morgan fingerprint density at radius 1 is 1.15 bits per heavy atom. The minimum Gasteiger partial charge on any atom is -0.493 e. The van der Waals surface area contributed by atoms with Gasteiger partial charge in [-0.05, 0) is 36.4 Å². The molecule has 27 heavy (non-hydrogen) atoms. The normalized spacial score (nSPS) is 10.5. The topological polar surface area (TPSA) is 73.6 Å². The van der Waals surface area contributed by atoms with Crippen LogP contribution in [-0.2, 0) is 11.2 Å². The van der Waals surface area contributed by atoms with Crippen LogP contribution in [0.1, 0.15) is 5.69 Å². The third kappa shape index (κ3) is 4.46. The van der Waals surface area contributed by atoms with E-state index in [2.05, 4.69) is 26.4 Å². The number of anilines is 1. The molecule has 0 fully saturated rings. The molecule has 3 rings (SSSR count). The minimum atomic E-state index is -0.524. The van der Waals surface area contributed by atoms with Crippen molar-refractivity contribution in [3.63, 3.8) is 0 Å². The van der Waals surface area contributed by atoms with Crippen molar-refractivity contribution in [3.05, 3.63) is 58.4 Å². The van der Waals surface area contributed by atoms with E-state index >= 15 is 0 Å². The number of aromatic nitrogens is 1. The monoisotopic (exact) mass is 434 g/mol. The molecule has 1 amide bonds. The Kier molecular flexibility index (Phi) is 5.75. The summed E-state index contributed by atoms with van der Waals surface area (Å²) in [5.74, 6) is 0.703. The maximum atomic E-state index is 13.8. The van der Waals surface area contributed by atoms with E-state index in [9.17, 15) is 9.18 Å². The standard InChI is InChI=1S/C19H16BrFN2O4/c1-25-16-6-3-11(7-18(16)26-2)17-9-13(23-27-17)10-19(24)22-15-5-4-12(20)8-14(15)21/h3-9H,10H2,1-2H3,(H,22,24). The van der Waals surface area contributed by atoms with Gasteiger partial charge in [0, 0.05) is 16.1 Å². The van der Waals surface area contributed by atoms with Gasteiger partial charge in [-0.2, -0.15) is 0 Å². The number of amides is 1. The molecule has 0 radical (unpaired) electrons. The van der Waals surface area contributed by atoms with Crippen LogP contribution in [0.3, 0.4) is 0 Å². The second kappa shape index (κ2) is 8.22. The number of hydrogen-bond acceptors (Lipinski definition) is 5. The van der Waals surface area contributed by atoms with Crippen molar-refractivity contribution in [2.24, 2.45) is 0 Å². The number of ether oxygens (including phenoxy) is 2. The lowest BCUT2D eigenvalue weighted by Crippen LogP contribution is -2.15. The zero-order valence-corrected chi connectivity index (χ0v) is 16.2. The first-order valence-corrected chi connectivity index (χ1v) is 8.72. The maximum absolute atomic E-state index is 13.8. The molecule has 1 heterocycles. The van der Waals surface area contributed by atoms with Gasteiger partial charge in [0.1, 0.15) is 5.82 Å². The molecule has 3 aromatic rings. The van der Waals surface area contributed by atoms with Gasteiger partial charge in [0.15, 0.2) is 17.3 Å². The molecular weight excluding hydrogens is 419 g/mol. The molecule has 140 valence electrons. The average molecular weight is 435 g/mol. The lowest BCUT2D eigenvalue weighted by molar-refractivity contribution is -0.115. The lowest BCUT2D eigenvalue weighted by Gasteiger charge is -2.07. The number of nitrogens with zero attached hydrogens (tertiary/aromatic N) is 1. The fourth-order valence-corrected chi connectivity index (χ4v) is 2.80. The highest BCUT2D eigenvalue weighted by atomic mass is 79.9. The smallest absolute Gasteiger partial charge is 0.230 e. The first-order valence-electron chi connectivity index (χ1n) is 7.93. The van der Waals surface area contributed by atoms with E-state index in [1.165, 1.54) is 12.1 Å². The van der Waals surface area contributed by atoms with Crippen LogP contribution in [-0.4, -0.2) is 25.3 Å². The molecule has 0 unspecified atom stereocenters. The molecule has 0 aliphatic carbocycles. The number of methoxy groups -OCH3 is 2. The van der Waals surface area contributed by atoms with E-state index in [0.717, 1.165) is 5.56 Å². The SMILES string of the molecule is COc1ccc(-c2cc(CC(=O)Nc3ccc(Br)cc3F)no2)cc1OC. The summed E-state index contributed by atoms with van der Waals surface area (Å²) < 4.78 is 30.2. The minimum absolute atomic E-state index is 0.0493. The van der Waals surface area contributed by atoms with Gasteiger partial charge in [-0.1, -0.05) is 21.1 Å². The molecule has 0 spiro atoms. The Balaban J connectivity index is 1.71. The molecule has 0 aliphatic rings. The van der Waals surface area contributed by atoms with E-state index in [0.29, 0.717) is 27.4 Å². The predicted octanol–water partition coefficient (Wildman–Crippen LogP) is 4.44. The molecule has 6 nitrogen and oxygen atoms in total. The van der Waals surface area contributed by atoms with Gasteiger partial charge in [0.05, 0.1) is 32.0 Å². The summed E-state index contributed by atoms with van der Waals surface area (Å²) in [7, 11) is 3.09. The van der Waals surface area contributed by atoms with Crippen molar-refractivity contribution in [1.82, 2.24) is 5.16 Å². The molecule has 8 heteroatoms. The Hall–Kier alpha value is -2.87.